The van der Waals surface area contributed by atoms with E-state index in [1.54, 1.807) is 20.0 Å². The van der Waals surface area contributed by atoms with Crippen LogP contribution >= 0.6 is 24.0 Å². The van der Waals surface area contributed by atoms with E-state index in [1.165, 1.54) is 11.0 Å². The average molecular weight is 270 g/mol. The van der Waals surface area contributed by atoms with E-state index in [1.807, 2.05) is 0 Å². The van der Waals surface area contributed by atoms with Crippen molar-refractivity contribution in [2.45, 2.75) is 6.92 Å². The van der Waals surface area contributed by atoms with Crippen molar-refractivity contribution in [3.63, 3.8) is 0 Å². The van der Waals surface area contributed by atoms with Gasteiger partial charge in [-0.15, -0.1) is 0 Å². The highest BCUT2D eigenvalue weighted by molar-refractivity contribution is 8.26. The normalized spacial score (nSPS) is 19.4. The summed E-state index contributed by atoms with van der Waals surface area (Å²) in [5.74, 6) is -2.03. The molecule has 1 aliphatic rings. The zero-order valence-corrected chi connectivity index (χ0v) is 10.9. The van der Waals surface area contributed by atoms with Gasteiger partial charge in [-0.1, -0.05) is 24.0 Å². The molecule has 0 saturated carbocycles. The van der Waals surface area contributed by atoms with E-state index in [0.717, 1.165) is 11.8 Å². The summed E-state index contributed by atoms with van der Waals surface area (Å²) in [6.07, 6.45) is 1.29. The number of thiocarbonyl (C=S) groups is 1. The van der Waals surface area contributed by atoms with E-state index in [-0.39, 0.29) is 17.4 Å². The van der Waals surface area contributed by atoms with Crippen LogP contribution in [0.5, 0.6) is 0 Å². The first-order chi connectivity index (χ1) is 8.01. The smallest absolute Gasteiger partial charge is 0.327 e. The predicted octanol–water partition coefficient (Wildman–Crippen LogP) is 1.06. The maximum atomic E-state index is 11.6. The Morgan fingerprint density at radius 3 is 2.82 bits per heavy atom. The molecular formula is C10H10N2O3S2. The molecule has 1 saturated heterocycles. The molecule has 0 aromatic heterocycles. The van der Waals surface area contributed by atoms with E-state index in [4.69, 9.17) is 22.2 Å². The van der Waals surface area contributed by atoms with Gasteiger partial charge in [-0.05, 0) is 13.0 Å². The topological polar surface area (TPSA) is 70.4 Å². The lowest BCUT2D eigenvalue weighted by Gasteiger charge is -2.05. The third kappa shape index (κ3) is 3.05. The van der Waals surface area contributed by atoms with Crippen LogP contribution in [0.2, 0.25) is 0 Å². The van der Waals surface area contributed by atoms with Gasteiger partial charge in [0.05, 0.1) is 17.6 Å². The molecule has 17 heavy (non-hydrogen) atoms. The van der Waals surface area contributed by atoms with Crippen LogP contribution in [-0.4, -0.2) is 34.8 Å². The molecule has 1 heterocycles. The number of hydrogen-bond acceptors (Lipinski definition) is 6. The lowest BCUT2D eigenvalue weighted by atomic mass is 10.1. The van der Waals surface area contributed by atoms with Gasteiger partial charge in [-0.3, -0.25) is 14.5 Å². The van der Waals surface area contributed by atoms with Gasteiger partial charge in [0.2, 0.25) is 0 Å². The summed E-state index contributed by atoms with van der Waals surface area (Å²) in [4.78, 5) is 24.6. The largest absolute Gasteiger partial charge is 0.465 e. The van der Waals surface area contributed by atoms with E-state index < -0.39 is 11.9 Å². The average Bonchev–Trinajstić information content (AvgIpc) is 2.54. The summed E-state index contributed by atoms with van der Waals surface area (Å²) in [5, 5.41) is 8.84. The van der Waals surface area contributed by atoms with Crippen molar-refractivity contribution >= 4 is 40.2 Å². The number of esters is 1. The molecule has 0 aliphatic carbocycles. The highest BCUT2D eigenvalue weighted by Gasteiger charge is 2.31. The molecule has 1 aliphatic heterocycles. The summed E-state index contributed by atoms with van der Waals surface area (Å²) in [6, 6.07) is 1.79. The van der Waals surface area contributed by atoms with Gasteiger partial charge in [-0.25, -0.2) is 0 Å². The highest BCUT2D eigenvalue weighted by atomic mass is 32.2. The molecule has 7 heteroatoms. The molecule has 1 amide bonds. The fourth-order valence-electron chi connectivity index (χ4n) is 1.10. The predicted molar refractivity (Wildman–Crippen MR) is 66.8 cm³/mol. The summed E-state index contributed by atoms with van der Waals surface area (Å²) >= 11 is 6.00. The zero-order valence-electron chi connectivity index (χ0n) is 9.30. The van der Waals surface area contributed by atoms with Crippen LogP contribution in [0.15, 0.2) is 11.0 Å². The second-order valence-corrected chi connectivity index (χ2v) is 4.80. The number of thioether (sulfide) groups is 1. The number of carbonyl (C=O) groups is 2. The highest BCUT2D eigenvalue weighted by Crippen LogP contribution is 2.30. The maximum Gasteiger partial charge on any atom is 0.327 e. The summed E-state index contributed by atoms with van der Waals surface area (Å²) in [7, 11) is 1.55. The quantitative estimate of drug-likeness (QED) is 0.434. The third-order valence-corrected chi connectivity index (χ3v) is 3.49. The number of nitrogens with zero attached hydrogens (tertiary/aromatic N) is 2. The number of hydrogen-bond donors (Lipinski definition) is 0. The van der Waals surface area contributed by atoms with Crippen molar-refractivity contribution < 1.29 is 14.3 Å². The van der Waals surface area contributed by atoms with Gasteiger partial charge >= 0.3 is 5.97 Å². The number of carbonyl (C=O) groups excluding carboxylic acids is 2. The molecule has 0 unspecified atom stereocenters. The summed E-state index contributed by atoms with van der Waals surface area (Å²) in [6.45, 7) is 1.84. The number of nitriles is 1. The van der Waals surface area contributed by atoms with Crippen LogP contribution in [0.25, 0.3) is 0 Å². The molecular weight excluding hydrogens is 260 g/mol. The lowest BCUT2D eigenvalue weighted by molar-refractivity contribution is -0.144. The molecule has 0 aromatic rings. The molecule has 0 radical (unpaired) electrons. The van der Waals surface area contributed by atoms with Crippen LogP contribution in [-0.2, 0) is 14.3 Å². The number of ether oxygens (including phenoxy) is 1. The number of rotatable bonds is 3. The van der Waals surface area contributed by atoms with Gasteiger partial charge < -0.3 is 4.74 Å². The number of likely N-dealkylation sites (N-methyl/N-ethyl adjacent to an activating group) is 1. The standard InChI is InChI=1S/C10H10N2O3S2/c1-3-15-9(14)6(5-11)4-7-8(13)12(2)10(16)17-7/h4,6H,3H2,1-2H3/b7-4-/t6-/m1/s1. The molecule has 1 fully saturated rings. The fraction of sp³-hybridized carbons (Fsp3) is 0.400. The van der Waals surface area contributed by atoms with Gasteiger partial charge in [0, 0.05) is 7.05 Å². The van der Waals surface area contributed by atoms with Crippen LogP contribution in [0.1, 0.15) is 6.92 Å². The van der Waals surface area contributed by atoms with E-state index >= 15 is 0 Å². The van der Waals surface area contributed by atoms with Gasteiger partial charge in [0.15, 0.2) is 5.92 Å². The van der Waals surface area contributed by atoms with Crippen LogP contribution < -0.4 is 0 Å². The molecule has 0 spiro atoms. The molecule has 0 aromatic carbocycles. The molecule has 90 valence electrons. The van der Waals surface area contributed by atoms with Gasteiger partial charge in [-0.2, -0.15) is 5.26 Å². The summed E-state index contributed by atoms with van der Waals surface area (Å²) in [5.41, 5.74) is 0. The Balaban J connectivity index is 2.88. The summed E-state index contributed by atoms with van der Waals surface area (Å²) < 4.78 is 5.13. The Hall–Kier alpha value is -1.39. The second kappa shape index (κ2) is 5.80. The first-order valence-electron chi connectivity index (χ1n) is 4.79. The SMILES string of the molecule is CCOC(=O)[C@@H](C#N)/C=C1\SC(=S)N(C)C1=O. The van der Waals surface area contributed by atoms with Crippen LogP contribution in [0.4, 0.5) is 0 Å². The minimum absolute atomic E-state index is 0.194. The van der Waals surface area contributed by atoms with Crippen molar-refractivity contribution in [3.05, 3.63) is 11.0 Å². The van der Waals surface area contributed by atoms with Gasteiger partial charge in [0.25, 0.3) is 5.91 Å². The molecule has 1 atom stereocenters. The van der Waals surface area contributed by atoms with Crippen LogP contribution in [0.3, 0.4) is 0 Å². The third-order valence-electron chi connectivity index (χ3n) is 1.98. The van der Waals surface area contributed by atoms with Crippen molar-refractivity contribution in [1.29, 1.82) is 5.26 Å². The van der Waals surface area contributed by atoms with Crippen molar-refractivity contribution in [2.24, 2.45) is 5.92 Å². The van der Waals surface area contributed by atoms with Crippen molar-refractivity contribution in [1.82, 2.24) is 4.90 Å². The van der Waals surface area contributed by atoms with E-state index in [9.17, 15) is 9.59 Å². The fourth-order valence-corrected chi connectivity index (χ4v) is 2.29. The molecule has 0 bridgehead atoms. The minimum Gasteiger partial charge on any atom is -0.465 e. The maximum absolute atomic E-state index is 11.6. The Labute approximate surface area is 108 Å². The Kier molecular flexibility index (Phi) is 4.66. The first kappa shape index (κ1) is 13.7. The molecule has 5 nitrogen and oxygen atoms in total. The first-order valence-corrected chi connectivity index (χ1v) is 6.01. The van der Waals surface area contributed by atoms with Crippen molar-refractivity contribution in [2.75, 3.05) is 13.7 Å². The van der Waals surface area contributed by atoms with Crippen LogP contribution in [0, 0.1) is 17.2 Å². The van der Waals surface area contributed by atoms with E-state index in [2.05, 4.69) is 0 Å². The Morgan fingerprint density at radius 2 is 2.41 bits per heavy atom. The lowest BCUT2D eigenvalue weighted by Crippen LogP contribution is -2.23. The van der Waals surface area contributed by atoms with Crippen molar-refractivity contribution in [3.8, 4) is 6.07 Å². The minimum atomic E-state index is -1.07. The molecule has 0 N–H and O–H groups in total. The van der Waals surface area contributed by atoms with Gasteiger partial charge in [0.1, 0.15) is 4.32 Å². The van der Waals surface area contributed by atoms with E-state index in [0.29, 0.717) is 4.32 Å². The Morgan fingerprint density at radius 1 is 1.76 bits per heavy atom. The zero-order chi connectivity index (χ0) is 13.0. The monoisotopic (exact) mass is 270 g/mol. The Bertz CT molecular complexity index is 439. The second-order valence-electron chi connectivity index (χ2n) is 3.12. The number of amides is 1. The molecule has 1 rings (SSSR count).